The molecule has 6 nitrogen and oxygen atoms in total. The normalized spacial score (nSPS) is 12.9. The Labute approximate surface area is 91.3 Å². The first-order valence-corrected chi connectivity index (χ1v) is 4.73. The number of rotatable bonds is 3. The second-order valence-electron chi connectivity index (χ2n) is 3.40. The molecule has 0 fully saturated rings. The zero-order chi connectivity index (χ0) is 11.7. The van der Waals surface area contributed by atoms with E-state index in [1.165, 1.54) is 12.3 Å². The molecule has 0 bridgehead atoms. The molecule has 2 N–H and O–H groups in total. The number of carboxylic acid groups (broad SMARTS) is 1. The highest BCUT2D eigenvalue weighted by Crippen LogP contribution is 2.17. The zero-order valence-corrected chi connectivity index (χ0v) is 8.89. The lowest BCUT2D eigenvalue weighted by Gasteiger charge is -2.03. The Hall–Kier alpha value is -1.95. The lowest BCUT2D eigenvalue weighted by molar-refractivity contribution is 0.0696. The number of imidazole rings is 1. The number of hydrogen-bond donors (Lipinski definition) is 2. The molecule has 2 aromatic rings. The SMILES string of the molecule is COC(C)c1nc2ncc(C(=O)O)cc2[nH]1. The monoisotopic (exact) mass is 221 g/mol. The van der Waals surface area contributed by atoms with Gasteiger partial charge in [-0.3, -0.25) is 0 Å². The summed E-state index contributed by atoms with van der Waals surface area (Å²) in [6, 6.07) is 1.50. The van der Waals surface area contributed by atoms with E-state index in [-0.39, 0.29) is 11.7 Å². The third-order valence-electron chi connectivity index (χ3n) is 2.34. The Morgan fingerprint density at radius 2 is 2.38 bits per heavy atom. The lowest BCUT2D eigenvalue weighted by Crippen LogP contribution is -1.97. The van der Waals surface area contributed by atoms with Crippen LogP contribution in [0.5, 0.6) is 0 Å². The predicted octanol–water partition coefficient (Wildman–Crippen LogP) is 1.36. The fourth-order valence-electron chi connectivity index (χ4n) is 1.34. The Balaban J connectivity index is 2.49. The molecule has 0 aliphatic heterocycles. The van der Waals surface area contributed by atoms with Crippen molar-refractivity contribution in [2.24, 2.45) is 0 Å². The summed E-state index contributed by atoms with van der Waals surface area (Å²) < 4.78 is 5.11. The van der Waals surface area contributed by atoms with Crippen molar-refractivity contribution in [3.63, 3.8) is 0 Å². The highest BCUT2D eigenvalue weighted by Gasteiger charge is 2.12. The molecular weight excluding hydrogens is 210 g/mol. The quantitative estimate of drug-likeness (QED) is 0.817. The van der Waals surface area contributed by atoms with Crippen LogP contribution < -0.4 is 0 Å². The summed E-state index contributed by atoms with van der Waals surface area (Å²) >= 11 is 0. The molecule has 1 atom stereocenters. The smallest absolute Gasteiger partial charge is 0.337 e. The zero-order valence-electron chi connectivity index (χ0n) is 8.89. The highest BCUT2D eigenvalue weighted by atomic mass is 16.5. The third-order valence-corrected chi connectivity index (χ3v) is 2.34. The van der Waals surface area contributed by atoms with Crippen LogP contribution in [-0.4, -0.2) is 33.1 Å². The number of fused-ring (bicyclic) bond motifs is 1. The van der Waals surface area contributed by atoms with Crippen LogP contribution in [0.25, 0.3) is 11.2 Å². The minimum atomic E-state index is -1.01. The lowest BCUT2D eigenvalue weighted by atomic mass is 10.3. The van der Waals surface area contributed by atoms with Gasteiger partial charge in [0.15, 0.2) is 5.65 Å². The second-order valence-corrected chi connectivity index (χ2v) is 3.40. The molecule has 0 radical (unpaired) electrons. The Bertz CT molecular complexity index is 535. The van der Waals surface area contributed by atoms with Crippen LogP contribution in [0.15, 0.2) is 12.3 Å². The van der Waals surface area contributed by atoms with Gasteiger partial charge in [-0.2, -0.15) is 0 Å². The van der Waals surface area contributed by atoms with Gasteiger partial charge in [-0.25, -0.2) is 14.8 Å². The fourth-order valence-corrected chi connectivity index (χ4v) is 1.34. The Morgan fingerprint density at radius 3 is 3.00 bits per heavy atom. The number of carbonyl (C=O) groups is 1. The molecule has 6 heteroatoms. The van der Waals surface area contributed by atoms with Crippen molar-refractivity contribution in [2.75, 3.05) is 7.11 Å². The van der Waals surface area contributed by atoms with Crippen LogP contribution in [0.2, 0.25) is 0 Å². The Kier molecular flexibility index (Phi) is 2.57. The van der Waals surface area contributed by atoms with Gasteiger partial charge in [0.2, 0.25) is 0 Å². The summed E-state index contributed by atoms with van der Waals surface area (Å²) in [6.07, 6.45) is 1.11. The first-order valence-electron chi connectivity index (χ1n) is 4.73. The van der Waals surface area contributed by atoms with Crippen molar-refractivity contribution in [2.45, 2.75) is 13.0 Å². The van der Waals surface area contributed by atoms with E-state index in [4.69, 9.17) is 9.84 Å². The number of aromatic nitrogens is 3. The van der Waals surface area contributed by atoms with Crippen molar-refractivity contribution >= 4 is 17.1 Å². The minimum absolute atomic E-state index is 0.132. The topological polar surface area (TPSA) is 88.1 Å². The molecule has 1 unspecified atom stereocenters. The highest BCUT2D eigenvalue weighted by molar-refractivity contribution is 5.90. The van der Waals surface area contributed by atoms with Gasteiger partial charge in [-0.05, 0) is 13.0 Å². The number of H-pyrrole nitrogens is 1. The summed E-state index contributed by atoms with van der Waals surface area (Å²) in [5, 5.41) is 8.81. The standard InChI is InChI=1S/C10H11N3O3/c1-5(16-2)8-12-7-3-6(10(14)15)4-11-9(7)13-8/h3-5H,1-2H3,(H,14,15)(H,11,12,13). The van der Waals surface area contributed by atoms with Crippen molar-refractivity contribution in [3.8, 4) is 0 Å². The maximum absolute atomic E-state index is 10.7. The second kappa shape index (κ2) is 3.90. The van der Waals surface area contributed by atoms with E-state index in [2.05, 4.69) is 15.0 Å². The number of aromatic carboxylic acids is 1. The average molecular weight is 221 g/mol. The van der Waals surface area contributed by atoms with Gasteiger partial charge in [-0.15, -0.1) is 0 Å². The van der Waals surface area contributed by atoms with Gasteiger partial charge in [0, 0.05) is 13.3 Å². The summed E-state index contributed by atoms with van der Waals surface area (Å²) in [7, 11) is 1.58. The van der Waals surface area contributed by atoms with E-state index >= 15 is 0 Å². The van der Waals surface area contributed by atoms with E-state index in [0.717, 1.165) is 0 Å². The number of nitrogens with zero attached hydrogens (tertiary/aromatic N) is 2. The molecule has 16 heavy (non-hydrogen) atoms. The number of nitrogens with one attached hydrogen (secondary N) is 1. The predicted molar refractivity (Wildman–Crippen MR) is 56.3 cm³/mol. The van der Waals surface area contributed by atoms with Gasteiger partial charge in [0.25, 0.3) is 0 Å². The average Bonchev–Trinajstić information content (AvgIpc) is 2.70. The maximum atomic E-state index is 10.7. The molecule has 0 spiro atoms. The number of methoxy groups -OCH3 is 1. The molecule has 0 saturated heterocycles. The number of hydrogen-bond acceptors (Lipinski definition) is 4. The van der Waals surface area contributed by atoms with Crippen molar-refractivity contribution < 1.29 is 14.6 Å². The number of carboxylic acids is 1. The van der Waals surface area contributed by atoms with Crippen molar-refractivity contribution in [3.05, 3.63) is 23.7 Å². The molecule has 2 rings (SSSR count). The van der Waals surface area contributed by atoms with Gasteiger partial charge < -0.3 is 14.8 Å². The molecule has 0 aliphatic carbocycles. The van der Waals surface area contributed by atoms with E-state index in [1.54, 1.807) is 7.11 Å². The number of pyridine rings is 1. The van der Waals surface area contributed by atoms with E-state index in [1.807, 2.05) is 6.92 Å². The molecular formula is C10H11N3O3. The van der Waals surface area contributed by atoms with E-state index in [9.17, 15) is 4.79 Å². The third kappa shape index (κ3) is 1.74. The summed E-state index contributed by atoms with van der Waals surface area (Å²) in [5.74, 6) is -0.377. The molecule has 84 valence electrons. The molecule has 0 amide bonds. The summed E-state index contributed by atoms with van der Waals surface area (Å²) in [6.45, 7) is 1.84. The molecule has 2 heterocycles. The Morgan fingerprint density at radius 1 is 1.62 bits per heavy atom. The van der Waals surface area contributed by atoms with Gasteiger partial charge in [0.05, 0.1) is 11.1 Å². The molecule has 0 aromatic carbocycles. The maximum Gasteiger partial charge on any atom is 0.337 e. The van der Waals surface area contributed by atoms with Gasteiger partial charge >= 0.3 is 5.97 Å². The molecule has 2 aromatic heterocycles. The van der Waals surface area contributed by atoms with Gasteiger partial charge in [-0.1, -0.05) is 0 Å². The first-order chi connectivity index (χ1) is 7.61. The van der Waals surface area contributed by atoms with Crippen LogP contribution in [0.4, 0.5) is 0 Å². The van der Waals surface area contributed by atoms with Gasteiger partial charge in [0.1, 0.15) is 11.9 Å². The van der Waals surface area contributed by atoms with E-state index < -0.39 is 5.97 Å². The summed E-state index contributed by atoms with van der Waals surface area (Å²) in [4.78, 5) is 21.9. The van der Waals surface area contributed by atoms with Crippen LogP contribution in [0.3, 0.4) is 0 Å². The minimum Gasteiger partial charge on any atom is -0.478 e. The van der Waals surface area contributed by atoms with Crippen LogP contribution >= 0.6 is 0 Å². The van der Waals surface area contributed by atoms with E-state index in [0.29, 0.717) is 17.0 Å². The summed E-state index contributed by atoms with van der Waals surface area (Å²) in [5.41, 5.74) is 1.22. The van der Waals surface area contributed by atoms with Crippen LogP contribution in [-0.2, 0) is 4.74 Å². The van der Waals surface area contributed by atoms with Crippen LogP contribution in [0, 0.1) is 0 Å². The van der Waals surface area contributed by atoms with Crippen molar-refractivity contribution in [1.29, 1.82) is 0 Å². The molecule has 0 saturated carbocycles. The van der Waals surface area contributed by atoms with Crippen molar-refractivity contribution in [1.82, 2.24) is 15.0 Å². The number of aromatic amines is 1. The first kappa shape index (κ1) is 10.6. The fraction of sp³-hybridized carbons (Fsp3) is 0.300. The van der Waals surface area contributed by atoms with Crippen LogP contribution in [0.1, 0.15) is 29.2 Å². The largest absolute Gasteiger partial charge is 0.478 e. The number of ether oxygens (including phenoxy) is 1. The molecule has 0 aliphatic rings.